The third-order valence-electron chi connectivity index (χ3n) is 8.52. The van der Waals surface area contributed by atoms with Crippen molar-refractivity contribution < 1.29 is 4.74 Å². The Hall–Kier alpha value is -5.39. The Balaban J connectivity index is 1.16. The molecule has 1 aliphatic carbocycles. The van der Waals surface area contributed by atoms with Crippen molar-refractivity contribution >= 4 is 37.1 Å². The molecule has 4 nitrogen and oxygen atoms in total. The molecule has 5 aromatic carbocycles. The number of rotatable bonds is 4. The molecule has 2 unspecified atom stereocenters. The monoisotopic (exact) mass is 583 g/mol. The van der Waals surface area contributed by atoms with Gasteiger partial charge in [0.05, 0.1) is 5.92 Å². The summed E-state index contributed by atoms with van der Waals surface area (Å²) in [7, 11) is 0. The van der Waals surface area contributed by atoms with Crippen LogP contribution in [0.3, 0.4) is 0 Å². The smallest absolute Gasteiger partial charge is 0.164 e. The van der Waals surface area contributed by atoms with Crippen LogP contribution in [0, 0.1) is 0 Å². The minimum atomic E-state index is -0.124. The largest absolute Gasteiger partial charge is 0.485 e. The third kappa shape index (κ3) is 4.16. The summed E-state index contributed by atoms with van der Waals surface area (Å²) in [4.78, 5) is 15.0. The number of thiophene rings is 1. The molecular weight excluding hydrogens is 559 g/mol. The Kier molecular flexibility index (Phi) is 5.78. The second-order valence-electron chi connectivity index (χ2n) is 11.2. The van der Waals surface area contributed by atoms with Crippen LogP contribution in [-0.4, -0.2) is 21.1 Å². The minimum Gasteiger partial charge on any atom is -0.485 e. The molecule has 0 radical (unpaired) electrons. The van der Waals surface area contributed by atoms with Gasteiger partial charge in [-0.05, 0) is 47.5 Å². The molecule has 44 heavy (non-hydrogen) atoms. The van der Waals surface area contributed by atoms with Gasteiger partial charge in [-0.2, -0.15) is 0 Å². The molecule has 0 spiro atoms. The second kappa shape index (κ2) is 10.1. The van der Waals surface area contributed by atoms with Gasteiger partial charge in [0.15, 0.2) is 17.5 Å². The molecule has 2 atom stereocenters. The highest BCUT2D eigenvalue weighted by molar-refractivity contribution is 7.25. The average Bonchev–Trinajstić information content (AvgIpc) is 3.66. The van der Waals surface area contributed by atoms with Crippen molar-refractivity contribution in [2.45, 2.75) is 12.0 Å². The first kappa shape index (κ1) is 25.1. The maximum absolute atomic E-state index is 6.50. The van der Waals surface area contributed by atoms with Crippen LogP contribution in [0.4, 0.5) is 0 Å². The Morgan fingerprint density at radius 3 is 1.95 bits per heavy atom. The fourth-order valence-electron chi connectivity index (χ4n) is 6.39. The van der Waals surface area contributed by atoms with Crippen LogP contribution in [0.25, 0.3) is 59.6 Å². The van der Waals surface area contributed by atoms with E-state index < -0.39 is 0 Å². The lowest BCUT2D eigenvalue weighted by molar-refractivity contribution is 0.271. The van der Waals surface area contributed by atoms with Gasteiger partial charge in [0.25, 0.3) is 0 Å². The van der Waals surface area contributed by atoms with Gasteiger partial charge in [-0.3, -0.25) is 0 Å². The first-order chi connectivity index (χ1) is 21.8. The molecule has 0 bridgehead atoms. The van der Waals surface area contributed by atoms with Gasteiger partial charge in [-0.1, -0.05) is 103 Å². The van der Waals surface area contributed by atoms with Crippen LogP contribution in [0.1, 0.15) is 17.3 Å². The highest BCUT2D eigenvalue weighted by Crippen LogP contribution is 2.49. The number of ether oxygens (including phenoxy) is 1. The Morgan fingerprint density at radius 2 is 1.18 bits per heavy atom. The van der Waals surface area contributed by atoms with Crippen LogP contribution < -0.4 is 4.74 Å². The maximum atomic E-state index is 6.50. The summed E-state index contributed by atoms with van der Waals surface area (Å²) in [6, 6.07) is 42.2. The lowest BCUT2D eigenvalue weighted by Gasteiger charge is -2.22. The molecular formula is C39H25N3OS. The molecule has 3 heterocycles. The summed E-state index contributed by atoms with van der Waals surface area (Å²) >= 11 is 1.84. The topological polar surface area (TPSA) is 47.9 Å². The summed E-state index contributed by atoms with van der Waals surface area (Å²) in [5, 5.41) is 2.60. The standard InChI is InChI=1S/C39H25N3OS/c1-3-10-24(11-4-1)37-40-38(25-12-5-2-6-13-25)42-39(41-37)29-15-9-16-33-36(29)31-23-26(18-20-32(31)43-33)27-19-21-35-30(22-27)28-14-7-8-17-34(28)44-35/h1-23,33,36H. The van der Waals surface area contributed by atoms with Gasteiger partial charge in [-0.15, -0.1) is 11.3 Å². The van der Waals surface area contributed by atoms with E-state index in [-0.39, 0.29) is 12.0 Å². The Labute approximate surface area is 258 Å². The molecule has 9 rings (SSSR count). The molecule has 1 aliphatic heterocycles. The Morgan fingerprint density at radius 1 is 0.545 bits per heavy atom. The summed E-state index contributed by atoms with van der Waals surface area (Å²) in [6.07, 6.45) is 6.21. The molecule has 7 aromatic rings. The molecule has 0 saturated heterocycles. The summed E-state index contributed by atoms with van der Waals surface area (Å²) < 4.78 is 9.12. The number of hydrogen-bond donors (Lipinski definition) is 0. The Bertz CT molecular complexity index is 2210. The third-order valence-corrected chi connectivity index (χ3v) is 9.67. The van der Waals surface area contributed by atoms with Crippen molar-refractivity contribution in [3.8, 4) is 39.7 Å². The van der Waals surface area contributed by atoms with Gasteiger partial charge in [0, 0.05) is 42.4 Å². The lowest BCUT2D eigenvalue weighted by atomic mass is 9.83. The van der Waals surface area contributed by atoms with Crippen molar-refractivity contribution in [1.29, 1.82) is 0 Å². The zero-order valence-corrected chi connectivity index (χ0v) is 24.4. The highest BCUT2D eigenvalue weighted by atomic mass is 32.1. The van der Waals surface area contributed by atoms with E-state index in [0.717, 1.165) is 28.0 Å². The number of nitrogens with zero attached hydrogens (tertiary/aromatic N) is 3. The van der Waals surface area contributed by atoms with Gasteiger partial charge in [-0.25, -0.2) is 15.0 Å². The van der Waals surface area contributed by atoms with Crippen LogP contribution in [-0.2, 0) is 0 Å². The fraction of sp³-hybridized carbons (Fsp3) is 0.0513. The first-order valence-electron chi connectivity index (χ1n) is 14.8. The number of hydrogen-bond acceptors (Lipinski definition) is 5. The predicted octanol–water partition coefficient (Wildman–Crippen LogP) is 9.74. The highest BCUT2D eigenvalue weighted by Gasteiger charge is 2.38. The fourth-order valence-corrected chi connectivity index (χ4v) is 7.48. The van der Waals surface area contributed by atoms with Gasteiger partial charge < -0.3 is 4.74 Å². The normalized spacial score (nSPS) is 16.9. The van der Waals surface area contributed by atoms with E-state index in [2.05, 4.69) is 78.9 Å². The summed E-state index contributed by atoms with van der Waals surface area (Å²) in [5.41, 5.74) is 6.47. The molecule has 208 valence electrons. The minimum absolute atomic E-state index is 0.0321. The molecule has 0 N–H and O–H groups in total. The molecule has 5 heteroatoms. The van der Waals surface area contributed by atoms with E-state index in [1.165, 1.54) is 31.3 Å². The average molecular weight is 584 g/mol. The predicted molar refractivity (Wildman–Crippen MR) is 180 cm³/mol. The van der Waals surface area contributed by atoms with Gasteiger partial charge in [0.1, 0.15) is 11.9 Å². The lowest BCUT2D eigenvalue weighted by Crippen LogP contribution is -2.20. The van der Waals surface area contributed by atoms with Crippen molar-refractivity contribution in [2.24, 2.45) is 0 Å². The van der Waals surface area contributed by atoms with Crippen molar-refractivity contribution in [3.63, 3.8) is 0 Å². The summed E-state index contributed by atoms with van der Waals surface area (Å²) in [6.45, 7) is 0. The van der Waals surface area contributed by atoms with Gasteiger partial charge in [0.2, 0.25) is 0 Å². The van der Waals surface area contributed by atoms with Crippen LogP contribution in [0.5, 0.6) is 5.75 Å². The van der Waals surface area contributed by atoms with Gasteiger partial charge >= 0.3 is 0 Å². The van der Waals surface area contributed by atoms with E-state index in [1.807, 2.05) is 72.0 Å². The van der Waals surface area contributed by atoms with E-state index in [4.69, 9.17) is 19.7 Å². The van der Waals surface area contributed by atoms with Crippen molar-refractivity contribution in [2.75, 3.05) is 0 Å². The van der Waals surface area contributed by atoms with Crippen LogP contribution in [0.15, 0.2) is 140 Å². The van der Waals surface area contributed by atoms with Crippen LogP contribution >= 0.6 is 11.3 Å². The molecule has 0 saturated carbocycles. The number of fused-ring (bicyclic) bond motifs is 6. The van der Waals surface area contributed by atoms with E-state index in [0.29, 0.717) is 17.5 Å². The number of benzene rings is 5. The zero-order chi connectivity index (χ0) is 29.0. The quantitative estimate of drug-likeness (QED) is 0.207. The van der Waals surface area contributed by atoms with E-state index in [1.54, 1.807) is 0 Å². The maximum Gasteiger partial charge on any atom is 0.164 e. The SMILES string of the molecule is C1=CC2Oc3ccc(-c4ccc5sc6ccccc6c5c4)cc3C2C(c2nc(-c3ccccc3)nc(-c3ccccc3)n2)=C1. The van der Waals surface area contributed by atoms with Crippen molar-refractivity contribution in [1.82, 2.24) is 15.0 Å². The van der Waals surface area contributed by atoms with Crippen molar-refractivity contribution in [3.05, 3.63) is 151 Å². The van der Waals surface area contributed by atoms with Crippen LogP contribution in [0.2, 0.25) is 0 Å². The number of aromatic nitrogens is 3. The zero-order valence-electron chi connectivity index (χ0n) is 23.6. The molecule has 2 aliphatic rings. The van der Waals surface area contributed by atoms with E-state index in [9.17, 15) is 0 Å². The first-order valence-corrected chi connectivity index (χ1v) is 15.6. The number of allylic oxidation sites excluding steroid dienone is 2. The summed E-state index contributed by atoms with van der Waals surface area (Å²) in [5.74, 6) is 2.86. The molecule has 0 fully saturated rings. The second-order valence-corrected chi connectivity index (χ2v) is 12.3. The molecule has 2 aromatic heterocycles. The van der Waals surface area contributed by atoms with E-state index >= 15 is 0 Å². The molecule has 0 amide bonds.